The lowest BCUT2D eigenvalue weighted by atomic mass is 10.0. The first-order valence-corrected chi connectivity index (χ1v) is 6.98. The minimum absolute atomic E-state index is 0.0948. The molecule has 1 aromatic carbocycles. The quantitative estimate of drug-likeness (QED) is 0.584. The molecule has 0 fully saturated rings. The lowest BCUT2D eigenvalue weighted by Crippen LogP contribution is -2.26. The molecule has 0 aliphatic carbocycles. The van der Waals surface area contributed by atoms with E-state index in [4.69, 9.17) is 4.74 Å². The Balaban J connectivity index is 2.65. The summed E-state index contributed by atoms with van der Waals surface area (Å²) in [4.78, 5) is 10.4. The maximum atomic E-state index is 10.8. The van der Waals surface area contributed by atoms with Gasteiger partial charge in [0.15, 0.2) is 0 Å². The Morgan fingerprint density at radius 3 is 2.55 bits per heavy atom. The van der Waals surface area contributed by atoms with Crippen molar-refractivity contribution < 1.29 is 9.66 Å². The Bertz CT molecular complexity index is 447. The zero-order chi connectivity index (χ0) is 15.1. The number of methoxy groups -OCH3 is 1. The molecule has 1 aromatic rings. The molecule has 0 bridgehead atoms. The van der Waals surface area contributed by atoms with Gasteiger partial charge in [0.1, 0.15) is 5.75 Å². The monoisotopic (exact) mass is 280 g/mol. The number of ether oxygens (including phenoxy) is 1. The average molecular weight is 280 g/mol. The van der Waals surface area contributed by atoms with E-state index in [0.29, 0.717) is 24.3 Å². The lowest BCUT2D eigenvalue weighted by Gasteiger charge is -2.16. The average Bonchev–Trinajstić information content (AvgIpc) is 2.42. The van der Waals surface area contributed by atoms with E-state index in [1.165, 1.54) is 12.5 Å². The van der Waals surface area contributed by atoms with Crippen molar-refractivity contribution in [3.05, 3.63) is 33.9 Å². The van der Waals surface area contributed by atoms with E-state index in [2.05, 4.69) is 26.1 Å². The molecule has 0 amide bonds. The standard InChI is InChI=1S/C15H24N2O3/c1-11(2)5-6-12(3)16-10-13-9-14(17(18)19)7-8-15(13)20-4/h7-9,11-12,16H,5-6,10H2,1-4H3. The molecule has 0 spiro atoms. The third-order valence-electron chi connectivity index (χ3n) is 3.29. The molecule has 0 aliphatic rings. The van der Waals surface area contributed by atoms with Gasteiger partial charge in [-0.05, 0) is 31.7 Å². The highest BCUT2D eigenvalue weighted by atomic mass is 16.6. The molecule has 112 valence electrons. The Kier molecular flexibility index (Phi) is 6.45. The van der Waals surface area contributed by atoms with Gasteiger partial charge < -0.3 is 10.1 Å². The molecule has 0 aromatic heterocycles. The van der Waals surface area contributed by atoms with Gasteiger partial charge in [-0.3, -0.25) is 10.1 Å². The third kappa shape index (κ3) is 5.17. The van der Waals surface area contributed by atoms with Crippen LogP contribution < -0.4 is 10.1 Å². The summed E-state index contributed by atoms with van der Waals surface area (Å²) in [7, 11) is 1.58. The maximum Gasteiger partial charge on any atom is 0.270 e. The predicted molar refractivity (Wildman–Crippen MR) is 80.0 cm³/mol. The van der Waals surface area contributed by atoms with Crippen LogP contribution in [0, 0.1) is 16.0 Å². The Labute approximate surface area is 120 Å². The van der Waals surface area contributed by atoms with Crippen molar-refractivity contribution in [3.63, 3.8) is 0 Å². The van der Waals surface area contributed by atoms with Gasteiger partial charge in [0, 0.05) is 30.3 Å². The SMILES string of the molecule is COc1ccc([N+](=O)[O-])cc1CNC(C)CCC(C)C. The number of hydrogen-bond acceptors (Lipinski definition) is 4. The molecule has 0 radical (unpaired) electrons. The second-order valence-corrected chi connectivity index (χ2v) is 5.51. The first-order chi connectivity index (χ1) is 9.43. The van der Waals surface area contributed by atoms with E-state index < -0.39 is 0 Å². The summed E-state index contributed by atoms with van der Waals surface area (Å²) >= 11 is 0. The van der Waals surface area contributed by atoms with Gasteiger partial charge in [-0.25, -0.2) is 0 Å². The molecule has 5 heteroatoms. The summed E-state index contributed by atoms with van der Waals surface area (Å²) in [6, 6.07) is 5.06. The van der Waals surface area contributed by atoms with Crippen molar-refractivity contribution in [2.45, 2.75) is 46.2 Å². The third-order valence-corrected chi connectivity index (χ3v) is 3.29. The number of nitro groups is 1. The number of nitrogens with zero attached hydrogens (tertiary/aromatic N) is 1. The molecule has 5 nitrogen and oxygen atoms in total. The highest BCUT2D eigenvalue weighted by Gasteiger charge is 2.12. The van der Waals surface area contributed by atoms with Gasteiger partial charge in [-0.2, -0.15) is 0 Å². The van der Waals surface area contributed by atoms with Crippen LogP contribution in [0.3, 0.4) is 0 Å². The number of benzene rings is 1. The largest absolute Gasteiger partial charge is 0.496 e. The van der Waals surface area contributed by atoms with E-state index >= 15 is 0 Å². The Morgan fingerprint density at radius 2 is 2.00 bits per heavy atom. The molecule has 20 heavy (non-hydrogen) atoms. The van der Waals surface area contributed by atoms with Crippen LogP contribution in [0.5, 0.6) is 5.75 Å². The molecular formula is C15H24N2O3. The van der Waals surface area contributed by atoms with Crippen molar-refractivity contribution in [2.75, 3.05) is 7.11 Å². The van der Waals surface area contributed by atoms with Crippen LogP contribution >= 0.6 is 0 Å². The number of nitro benzene ring substituents is 1. The second kappa shape index (κ2) is 7.85. The van der Waals surface area contributed by atoms with E-state index in [1.54, 1.807) is 19.2 Å². The fourth-order valence-electron chi connectivity index (χ4n) is 1.99. The van der Waals surface area contributed by atoms with E-state index in [9.17, 15) is 10.1 Å². The number of hydrogen-bond donors (Lipinski definition) is 1. The van der Waals surface area contributed by atoms with Crippen molar-refractivity contribution in [1.29, 1.82) is 0 Å². The highest BCUT2D eigenvalue weighted by molar-refractivity contribution is 5.43. The van der Waals surface area contributed by atoms with Crippen molar-refractivity contribution in [3.8, 4) is 5.75 Å². The van der Waals surface area contributed by atoms with Crippen LogP contribution in [-0.2, 0) is 6.54 Å². The molecule has 1 rings (SSSR count). The number of nitrogens with one attached hydrogen (secondary N) is 1. The van der Waals surface area contributed by atoms with Gasteiger partial charge in [0.2, 0.25) is 0 Å². The van der Waals surface area contributed by atoms with Gasteiger partial charge >= 0.3 is 0 Å². The summed E-state index contributed by atoms with van der Waals surface area (Å²) in [5.41, 5.74) is 0.913. The lowest BCUT2D eigenvalue weighted by molar-refractivity contribution is -0.384. The molecule has 0 saturated carbocycles. The van der Waals surface area contributed by atoms with Crippen LogP contribution in [-0.4, -0.2) is 18.1 Å². The minimum Gasteiger partial charge on any atom is -0.496 e. The maximum absolute atomic E-state index is 10.8. The van der Waals surface area contributed by atoms with E-state index in [1.807, 2.05) is 0 Å². The van der Waals surface area contributed by atoms with Gasteiger partial charge in [0.05, 0.1) is 12.0 Å². The molecule has 1 unspecified atom stereocenters. The molecule has 0 aliphatic heterocycles. The summed E-state index contributed by atoms with van der Waals surface area (Å²) in [5, 5.41) is 14.2. The first-order valence-electron chi connectivity index (χ1n) is 6.98. The smallest absolute Gasteiger partial charge is 0.270 e. The number of non-ortho nitro benzene ring substituents is 1. The fraction of sp³-hybridized carbons (Fsp3) is 0.600. The van der Waals surface area contributed by atoms with Crippen molar-refractivity contribution >= 4 is 5.69 Å². The normalized spacial score (nSPS) is 12.4. The first kappa shape index (κ1) is 16.4. The number of rotatable bonds is 8. The topological polar surface area (TPSA) is 64.4 Å². The summed E-state index contributed by atoms with van der Waals surface area (Å²) < 4.78 is 5.25. The molecule has 0 saturated heterocycles. The van der Waals surface area contributed by atoms with Crippen LogP contribution in [0.4, 0.5) is 5.69 Å². The van der Waals surface area contributed by atoms with Crippen molar-refractivity contribution in [2.24, 2.45) is 5.92 Å². The Hall–Kier alpha value is -1.62. The Morgan fingerprint density at radius 1 is 1.30 bits per heavy atom. The summed E-state index contributed by atoms with van der Waals surface area (Å²) in [6.45, 7) is 7.11. The summed E-state index contributed by atoms with van der Waals surface area (Å²) in [6.07, 6.45) is 2.26. The van der Waals surface area contributed by atoms with Crippen LogP contribution in [0.25, 0.3) is 0 Å². The van der Waals surface area contributed by atoms with Gasteiger partial charge in [-0.15, -0.1) is 0 Å². The van der Waals surface area contributed by atoms with Gasteiger partial charge in [0.25, 0.3) is 5.69 Å². The molecular weight excluding hydrogens is 256 g/mol. The van der Waals surface area contributed by atoms with Crippen LogP contribution in [0.2, 0.25) is 0 Å². The second-order valence-electron chi connectivity index (χ2n) is 5.51. The molecule has 1 atom stereocenters. The zero-order valence-electron chi connectivity index (χ0n) is 12.7. The van der Waals surface area contributed by atoms with Crippen LogP contribution in [0.1, 0.15) is 39.2 Å². The predicted octanol–water partition coefficient (Wildman–Crippen LogP) is 3.52. The van der Waals surface area contributed by atoms with Crippen LogP contribution in [0.15, 0.2) is 18.2 Å². The fourth-order valence-corrected chi connectivity index (χ4v) is 1.99. The minimum atomic E-state index is -0.384. The molecule has 0 heterocycles. The van der Waals surface area contributed by atoms with Gasteiger partial charge in [-0.1, -0.05) is 13.8 Å². The van der Waals surface area contributed by atoms with E-state index in [-0.39, 0.29) is 10.6 Å². The summed E-state index contributed by atoms with van der Waals surface area (Å²) in [5.74, 6) is 1.37. The van der Waals surface area contributed by atoms with E-state index in [0.717, 1.165) is 12.0 Å². The van der Waals surface area contributed by atoms with Crippen molar-refractivity contribution in [1.82, 2.24) is 5.32 Å². The zero-order valence-corrected chi connectivity index (χ0v) is 12.7. The molecule has 1 N–H and O–H groups in total. The highest BCUT2D eigenvalue weighted by Crippen LogP contribution is 2.24.